The van der Waals surface area contributed by atoms with Gasteiger partial charge in [0.25, 0.3) is 0 Å². The zero-order valence-electron chi connectivity index (χ0n) is 15.1. The summed E-state index contributed by atoms with van der Waals surface area (Å²) in [6.07, 6.45) is 1.65. The van der Waals surface area contributed by atoms with Crippen molar-refractivity contribution in [3.8, 4) is 0 Å². The summed E-state index contributed by atoms with van der Waals surface area (Å²) in [5, 5.41) is 3.93. The van der Waals surface area contributed by atoms with E-state index in [0.717, 1.165) is 0 Å². The van der Waals surface area contributed by atoms with Gasteiger partial charge < -0.3 is 10.2 Å². The van der Waals surface area contributed by atoms with Gasteiger partial charge >= 0.3 is 0 Å². The summed E-state index contributed by atoms with van der Waals surface area (Å²) >= 11 is 7.38. The second-order valence-corrected chi connectivity index (χ2v) is 7.66. The predicted octanol–water partition coefficient (Wildman–Crippen LogP) is 2.75. The van der Waals surface area contributed by atoms with Crippen LogP contribution in [0.3, 0.4) is 0 Å². The van der Waals surface area contributed by atoms with Crippen LogP contribution >= 0.6 is 23.4 Å². The molecule has 2 heterocycles. The molecule has 1 N–H and O–H groups in total. The molecule has 2 aromatic rings. The maximum Gasteiger partial charge on any atom is 0.238 e. The summed E-state index contributed by atoms with van der Waals surface area (Å²) in [6, 6.07) is 9.15. The summed E-state index contributed by atoms with van der Waals surface area (Å²) < 4.78 is 12.9. The molecule has 1 aromatic carbocycles. The third-order valence-corrected chi connectivity index (χ3v) is 5.68. The maximum absolute atomic E-state index is 12.9. The van der Waals surface area contributed by atoms with Gasteiger partial charge in [0, 0.05) is 38.1 Å². The average Bonchev–Trinajstić information content (AvgIpc) is 2.69. The molecular weight excluding hydrogens is 403 g/mol. The highest BCUT2D eigenvalue weighted by molar-refractivity contribution is 8.00. The number of nitrogens with zero attached hydrogens (tertiary/aromatic N) is 3. The number of piperazine rings is 1. The Kier molecular flexibility index (Phi) is 7.24. The van der Waals surface area contributed by atoms with Crippen LogP contribution in [0.5, 0.6) is 0 Å². The van der Waals surface area contributed by atoms with Gasteiger partial charge in [-0.15, -0.1) is 0 Å². The molecule has 1 saturated heterocycles. The lowest BCUT2D eigenvalue weighted by molar-refractivity contribution is -0.130. The number of halogens is 2. The Balaban J connectivity index is 1.40. The lowest BCUT2D eigenvalue weighted by Gasteiger charge is -2.34. The topological polar surface area (TPSA) is 65.5 Å². The van der Waals surface area contributed by atoms with Gasteiger partial charge in [-0.1, -0.05) is 23.4 Å². The average molecular weight is 423 g/mol. The molecule has 1 fully saturated rings. The maximum atomic E-state index is 12.9. The number of amides is 2. The Labute approximate surface area is 172 Å². The zero-order chi connectivity index (χ0) is 19.9. The molecule has 1 aliphatic heterocycles. The number of aromatic nitrogens is 1. The van der Waals surface area contributed by atoms with E-state index in [2.05, 4.69) is 10.3 Å². The molecule has 1 aromatic heterocycles. The van der Waals surface area contributed by atoms with Crippen molar-refractivity contribution in [1.29, 1.82) is 0 Å². The Morgan fingerprint density at radius 2 is 1.86 bits per heavy atom. The fraction of sp³-hybridized carbons (Fsp3) is 0.316. The number of hydrogen-bond donors (Lipinski definition) is 1. The molecule has 0 saturated carbocycles. The van der Waals surface area contributed by atoms with E-state index in [1.54, 1.807) is 23.2 Å². The van der Waals surface area contributed by atoms with Crippen molar-refractivity contribution in [2.45, 2.75) is 5.03 Å². The van der Waals surface area contributed by atoms with Gasteiger partial charge in [0.2, 0.25) is 11.8 Å². The number of hydrogen-bond acceptors (Lipinski definition) is 5. The highest BCUT2D eigenvalue weighted by Gasteiger charge is 2.22. The van der Waals surface area contributed by atoms with Gasteiger partial charge in [-0.2, -0.15) is 0 Å². The lowest BCUT2D eigenvalue weighted by atomic mass is 10.3. The van der Waals surface area contributed by atoms with Crippen LogP contribution in [0.1, 0.15) is 0 Å². The van der Waals surface area contributed by atoms with Crippen molar-refractivity contribution in [2.24, 2.45) is 0 Å². The molecular formula is C19H20ClFN4O2S. The van der Waals surface area contributed by atoms with Crippen molar-refractivity contribution >= 4 is 40.9 Å². The number of thioether (sulfide) groups is 1. The number of carbonyl (C=O) groups excluding carboxylic acids is 2. The molecule has 0 radical (unpaired) electrons. The third kappa shape index (κ3) is 5.92. The first-order valence-corrected chi connectivity index (χ1v) is 10.2. The van der Waals surface area contributed by atoms with Crippen LogP contribution in [0.15, 0.2) is 47.6 Å². The van der Waals surface area contributed by atoms with Crippen molar-refractivity contribution in [3.63, 3.8) is 0 Å². The molecule has 0 atom stereocenters. The fourth-order valence-corrected chi connectivity index (χ4v) is 3.86. The quantitative estimate of drug-likeness (QED) is 0.725. The summed E-state index contributed by atoms with van der Waals surface area (Å²) in [5.41, 5.74) is 0.561. The van der Waals surface area contributed by atoms with Gasteiger partial charge in [0.1, 0.15) is 10.8 Å². The number of nitrogens with one attached hydrogen (secondary N) is 1. The Hall–Kier alpha value is -2.16. The van der Waals surface area contributed by atoms with E-state index in [1.807, 2.05) is 4.90 Å². The lowest BCUT2D eigenvalue weighted by Crippen LogP contribution is -2.50. The van der Waals surface area contributed by atoms with Crippen molar-refractivity contribution in [1.82, 2.24) is 14.8 Å². The highest BCUT2D eigenvalue weighted by Crippen LogP contribution is 2.24. The van der Waals surface area contributed by atoms with E-state index in [-0.39, 0.29) is 29.9 Å². The van der Waals surface area contributed by atoms with Gasteiger partial charge in [-0.25, -0.2) is 9.37 Å². The summed E-state index contributed by atoms with van der Waals surface area (Å²) in [7, 11) is 0. The largest absolute Gasteiger partial charge is 0.339 e. The standard InChI is InChI=1S/C19H20ClFN4O2S/c20-16-2-1-7-22-19(16)28-13-18(27)25-10-8-24(9-11-25)12-17(26)23-15-5-3-14(21)4-6-15/h1-7H,8-13H2,(H,23,26). The molecule has 148 valence electrons. The molecule has 0 unspecified atom stereocenters. The van der Waals surface area contributed by atoms with Crippen molar-refractivity contribution in [2.75, 3.05) is 43.8 Å². The summed E-state index contributed by atoms with van der Waals surface area (Å²) in [5.74, 6) is -0.196. The monoisotopic (exact) mass is 422 g/mol. The van der Waals surface area contributed by atoms with E-state index < -0.39 is 0 Å². The molecule has 9 heteroatoms. The van der Waals surface area contributed by atoms with Crippen LogP contribution in [0, 0.1) is 5.82 Å². The molecule has 0 bridgehead atoms. The van der Waals surface area contributed by atoms with Crippen LogP contribution in [0.2, 0.25) is 5.02 Å². The first kappa shape index (κ1) is 20.6. The van der Waals surface area contributed by atoms with Crippen LogP contribution < -0.4 is 5.32 Å². The van der Waals surface area contributed by atoms with Gasteiger partial charge in [0.15, 0.2) is 0 Å². The van der Waals surface area contributed by atoms with Crippen molar-refractivity contribution < 1.29 is 14.0 Å². The Morgan fingerprint density at radius 3 is 2.54 bits per heavy atom. The minimum absolute atomic E-state index is 0.0298. The molecule has 28 heavy (non-hydrogen) atoms. The third-order valence-electron chi connectivity index (χ3n) is 4.28. The fourth-order valence-electron chi connectivity index (χ4n) is 2.79. The number of rotatable bonds is 6. The predicted molar refractivity (Wildman–Crippen MR) is 108 cm³/mol. The summed E-state index contributed by atoms with van der Waals surface area (Å²) in [4.78, 5) is 32.5. The minimum atomic E-state index is -0.345. The normalized spacial score (nSPS) is 14.7. The zero-order valence-corrected chi connectivity index (χ0v) is 16.7. The van der Waals surface area contributed by atoms with Gasteiger partial charge in [0.05, 0.1) is 17.3 Å². The number of carbonyl (C=O) groups is 2. The van der Waals surface area contributed by atoms with Gasteiger partial charge in [-0.3, -0.25) is 14.5 Å². The van der Waals surface area contributed by atoms with E-state index in [4.69, 9.17) is 11.6 Å². The first-order chi connectivity index (χ1) is 13.5. The second-order valence-electron chi connectivity index (χ2n) is 6.29. The molecule has 6 nitrogen and oxygen atoms in total. The highest BCUT2D eigenvalue weighted by atomic mass is 35.5. The Bertz CT molecular complexity index is 829. The van der Waals surface area contributed by atoms with Crippen molar-refractivity contribution in [3.05, 3.63) is 53.4 Å². The van der Waals surface area contributed by atoms with E-state index in [0.29, 0.717) is 41.9 Å². The molecule has 3 rings (SSSR count). The number of anilines is 1. The second kappa shape index (κ2) is 9.86. The van der Waals surface area contributed by atoms with Crippen LogP contribution in [0.4, 0.5) is 10.1 Å². The minimum Gasteiger partial charge on any atom is -0.339 e. The van der Waals surface area contributed by atoms with E-state index >= 15 is 0 Å². The van der Waals surface area contributed by atoms with Crippen LogP contribution in [-0.2, 0) is 9.59 Å². The SMILES string of the molecule is O=C(CN1CCN(C(=O)CSc2ncccc2Cl)CC1)Nc1ccc(F)cc1. The molecule has 2 amide bonds. The molecule has 0 aliphatic carbocycles. The van der Waals surface area contributed by atoms with E-state index in [1.165, 1.54) is 36.0 Å². The van der Waals surface area contributed by atoms with Crippen LogP contribution in [-0.4, -0.2) is 65.1 Å². The van der Waals surface area contributed by atoms with Gasteiger partial charge in [-0.05, 0) is 36.4 Å². The number of benzene rings is 1. The summed E-state index contributed by atoms with van der Waals surface area (Å²) in [6.45, 7) is 2.62. The Morgan fingerprint density at radius 1 is 1.14 bits per heavy atom. The number of pyridine rings is 1. The molecule has 1 aliphatic rings. The molecule has 0 spiro atoms. The van der Waals surface area contributed by atoms with Crippen LogP contribution in [0.25, 0.3) is 0 Å². The first-order valence-electron chi connectivity index (χ1n) is 8.80. The smallest absolute Gasteiger partial charge is 0.238 e. The van der Waals surface area contributed by atoms with E-state index in [9.17, 15) is 14.0 Å².